The second-order valence-corrected chi connectivity index (χ2v) is 5.79. The third-order valence-electron chi connectivity index (χ3n) is 3.76. The largest absolute Gasteiger partial charge is 0.383 e. The number of hydrogen-bond donors (Lipinski definition) is 2. The van der Waals surface area contributed by atoms with E-state index >= 15 is 0 Å². The Labute approximate surface area is 163 Å². The van der Waals surface area contributed by atoms with Crippen molar-refractivity contribution in [3.8, 4) is 0 Å². The highest BCUT2D eigenvalue weighted by atomic mass is 127. The monoisotopic (exact) mass is 458 g/mol. The molecule has 1 unspecified atom stereocenters. The topological polar surface area (TPSA) is 67.4 Å². The lowest BCUT2D eigenvalue weighted by atomic mass is 10.3. The molecule has 0 aromatic carbocycles. The van der Waals surface area contributed by atoms with Gasteiger partial charge in [0, 0.05) is 47.0 Å². The van der Waals surface area contributed by atoms with Crippen LogP contribution in [0.3, 0.4) is 0 Å². The lowest BCUT2D eigenvalue weighted by Crippen LogP contribution is -2.39. The lowest BCUT2D eigenvalue weighted by molar-refractivity contribution is 0.0420. The first kappa shape index (κ1) is 23.8. The summed E-state index contributed by atoms with van der Waals surface area (Å²) in [6, 6.07) is 0. The van der Waals surface area contributed by atoms with Crippen molar-refractivity contribution in [2.75, 3.05) is 73.8 Å². The number of ether oxygens (including phenoxy) is 3. The maximum atomic E-state index is 5.73. The van der Waals surface area contributed by atoms with E-state index in [-0.39, 0.29) is 24.0 Å². The molecular formula is C16H35IN4O3. The van der Waals surface area contributed by atoms with E-state index in [1.54, 1.807) is 14.2 Å². The van der Waals surface area contributed by atoms with Gasteiger partial charge in [0.2, 0.25) is 0 Å². The molecule has 1 saturated heterocycles. The van der Waals surface area contributed by atoms with Crippen LogP contribution in [0, 0.1) is 0 Å². The van der Waals surface area contributed by atoms with E-state index in [4.69, 9.17) is 14.2 Å². The minimum atomic E-state index is 0. The van der Waals surface area contributed by atoms with Crippen molar-refractivity contribution in [1.29, 1.82) is 0 Å². The van der Waals surface area contributed by atoms with Crippen LogP contribution in [0.4, 0.5) is 0 Å². The van der Waals surface area contributed by atoms with Crippen molar-refractivity contribution < 1.29 is 14.2 Å². The standard InChI is InChI=1S/C16H34N4O3.HI/c1-17-16(18-7-4-9-20(2)10-13-21-3)19-8-5-11-23-15-6-12-22-14-15;/h15H,4-14H2,1-3H3,(H2,17,18,19);1H. The van der Waals surface area contributed by atoms with E-state index in [0.717, 1.165) is 77.8 Å². The maximum absolute atomic E-state index is 5.73. The summed E-state index contributed by atoms with van der Waals surface area (Å²) in [6.07, 6.45) is 3.36. The van der Waals surface area contributed by atoms with Gasteiger partial charge in [-0.15, -0.1) is 24.0 Å². The highest BCUT2D eigenvalue weighted by Crippen LogP contribution is 2.07. The van der Waals surface area contributed by atoms with Gasteiger partial charge in [-0.3, -0.25) is 4.99 Å². The highest BCUT2D eigenvalue weighted by Gasteiger charge is 2.15. The number of guanidine groups is 1. The Morgan fingerprint density at radius 1 is 1.21 bits per heavy atom. The molecule has 7 nitrogen and oxygen atoms in total. The molecule has 0 saturated carbocycles. The Kier molecular flexibility index (Phi) is 16.2. The molecule has 0 aromatic rings. The first-order valence-corrected chi connectivity index (χ1v) is 8.57. The molecule has 0 amide bonds. The minimum Gasteiger partial charge on any atom is -0.383 e. The van der Waals surface area contributed by atoms with E-state index < -0.39 is 0 Å². The van der Waals surface area contributed by atoms with Crippen LogP contribution in [0.2, 0.25) is 0 Å². The molecule has 1 fully saturated rings. The van der Waals surface area contributed by atoms with Crippen molar-refractivity contribution in [1.82, 2.24) is 15.5 Å². The molecule has 144 valence electrons. The van der Waals surface area contributed by atoms with Crippen LogP contribution in [0.5, 0.6) is 0 Å². The number of methoxy groups -OCH3 is 1. The summed E-state index contributed by atoms with van der Waals surface area (Å²) in [5, 5.41) is 6.64. The Bertz CT molecular complexity index is 316. The number of hydrogen-bond acceptors (Lipinski definition) is 5. The van der Waals surface area contributed by atoms with Crippen molar-refractivity contribution in [2.45, 2.75) is 25.4 Å². The third kappa shape index (κ3) is 12.2. The molecule has 0 aromatic heterocycles. The molecule has 0 radical (unpaired) electrons. The van der Waals surface area contributed by atoms with Gasteiger partial charge in [0.25, 0.3) is 0 Å². The summed E-state index contributed by atoms with van der Waals surface area (Å²) in [5.74, 6) is 0.855. The van der Waals surface area contributed by atoms with Crippen LogP contribution in [-0.4, -0.2) is 90.8 Å². The number of nitrogens with zero attached hydrogens (tertiary/aromatic N) is 2. The summed E-state index contributed by atoms with van der Waals surface area (Å²) in [6.45, 7) is 6.91. The van der Waals surface area contributed by atoms with Crippen molar-refractivity contribution in [3.63, 3.8) is 0 Å². The summed E-state index contributed by atoms with van der Waals surface area (Å²) in [4.78, 5) is 6.50. The molecular weight excluding hydrogens is 423 g/mol. The molecule has 24 heavy (non-hydrogen) atoms. The van der Waals surface area contributed by atoms with Crippen molar-refractivity contribution in [3.05, 3.63) is 0 Å². The SMILES string of the molecule is CN=C(NCCCOC1CCOC1)NCCCN(C)CCOC.I. The fourth-order valence-corrected chi connectivity index (χ4v) is 2.31. The Hall–Kier alpha value is -0.160. The van der Waals surface area contributed by atoms with Gasteiger partial charge in [0.15, 0.2) is 5.96 Å². The molecule has 1 aliphatic rings. The van der Waals surface area contributed by atoms with E-state index in [1.165, 1.54) is 0 Å². The van der Waals surface area contributed by atoms with Crippen LogP contribution in [0.15, 0.2) is 4.99 Å². The van der Waals surface area contributed by atoms with Crippen LogP contribution >= 0.6 is 24.0 Å². The second kappa shape index (κ2) is 16.3. The van der Waals surface area contributed by atoms with E-state index in [1.807, 2.05) is 0 Å². The fourth-order valence-electron chi connectivity index (χ4n) is 2.31. The van der Waals surface area contributed by atoms with Crippen molar-refractivity contribution in [2.24, 2.45) is 4.99 Å². The molecule has 0 spiro atoms. The van der Waals surface area contributed by atoms with Gasteiger partial charge < -0.3 is 29.7 Å². The normalized spacial score (nSPS) is 17.8. The van der Waals surface area contributed by atoms with Crippen LogP contribution in [0.1, 0.15) is 19.3 Å². The zero-order valence-corrected chi connectivity index (χ0v) is 17.7. The summed E-state index contributed by atoms with van der Waals surface area (Å²) in [5.41, 5.74) is 0. The predicted octanol–water partition coefficient (Wildman–Crippen LogP) is 0.933. The Morgan fingerprint density at radius 3 is 2.58 bits per heavy atom. The number of aliphatic imine (C=N–C) groups is 1. The Morgan fingerprint density at radius 2 is 1.96 bits per heavy atom. The second-order valence-electron chi connectivity index (χ2n) is 5.79. The molecule has 0 bridgehead atoms. The van der Waals surface area contributed by atoms with E-state index in [9.17, 15) is 0 Å². The van der Waals surface area contributed by atoms with Crippen LogP contribution < -0.4 is 10.6 Å². The maximum Gasteiger partial charge on any atom is 0.190 e. The summed E-state index contributed by atoms with van der Waals surface area (Å²) in [7, 11) is 5.64. The first-order valence-electron chi connectivity index (χ1n) is 8.57. The van der Waals surface area contributed by atoms with Gasteiger partial charge in [-0.2, -0.15) is 0 Å². The first-order chi connectivity index (χ1) is 11.3. The molecule has 1 heterocycles. The smallest absolute Gasteiger partial charge is 0.190 e. The van der Waals surface area contributed by atoms with Gasteiger partial charge in [-0.05, 0) is 32.9 Å². The zero-order valence-electron chi connectivity index (χ0n) is 15.4. The quantitative estimate of drug-likeness (QED) is 0.196. The van der Waals surface area contributed by atoms with Gasteiger partial charge in [0.05, 0.1) is 19.3 Å². The van der Waals surface area contributed by atoms with Gasteiger partial charge in [0.1, 0.15) is 0 Å². The van der Waals surface area contributed by atoms with Crippen molar-refractivity contribution >= 4 is 29.9 Å². The molecule has 1 aliphatic heterocycles. The van der Waals surface area contributed by atoms with Crippen LogP contribution in [-0.2, 0) is 14.2 Å². The van der Waals surface area contributed by atoms with E-state index in [2.05, 4.69) is 27.6 Å². The number of likely N-dealkylation sites (N-methyl/N-ethyl adjacent to an activating group) is 1. The highest BCUT2D eigenvalue weighted by molar-refractivity contribution is 14.0. The van der Waals surface area contributed by atoms with Crippen LogP contribution in [0.25, 0.3) is 0 Å². The minimum absolute atomic E-state index is 0. The Balaban J connectivity index is 0.00000529. The van der Waals surface area contributed by atoms with Gasteiger partial charge in [-0.25, -0.2) is 0 Å². The van der Waals surface area contributed by atoms with Gasteiger partial charge in [-0.1, -0.05) is 0 Å². The molecule has 1 rings (SSSR count). The average Bonchev–Trinajstić information content (AvgIpc) is 3.07. The number of rotatable bonds is 12. The molecule has 0 aliphatic carbocycles. The predicted molar refractivity (Wildman–Crippen MR) is 109 cm³/mol. The van der Waals surface area contributed by atoms with E-state index in [0.29, 0.717) is 6.10 Å². The number of nitrogens with one attached hydrogen (secondary N) is 2. The fraction of sp³-hybridized carbons (Fsp3) is 0.938. The molecule has 2 N–H and O–H groups in total. The lowest BCUT2D eigenvalue weighted by Gasteiger charge is -2.17. The summed E-state index contributed by atoms with van der Waals surface area (Å²) < 4.78 is 16.1. The average molecular weight is 458 g/mol. The third-order valence-corrected chi connectivity index (χ3v) is 3.76. The summed E-state index contributed by atoms with van der Waals surface area (Å²) >= 11 is 0. The zero-order chi connectivity index (χ0) is 16.8. The molecule has 1 atom stereocenters. The number of halogens is 1. The molecule has 8 heteroatoms. The van der Waals surface area contributed by atoms with Gasteiger partial charge >= 0.3 is 0 Å².